The van der Waals surface area contributed by atoms with Gasteiger partial charge in [-0.1, -0.05) is 12.1 Å². The van der Waals surface area contributed by atoms with Crippen LogP contribution < -0.4 is 10.1 Å². The molecule has 0 unspecified atom stereocenters. The third-order valence-electron chi connectivity index (χ3n) is 2.63. The zero-order valence-corrected chi connectivity index (χ0v) is 15.4. The molecule has 0 aromatic heterocycles. The number of alkyl halides is 3. The minimum atomic E-state index is -4.89. The zero-order valence-electron chi connectivity index (χ0n) is 14.6. The molecule has 1 aromatic carbocycles. The highest BCUT2D eigenvalue weighted by Crippen LogP contribution is 2.26. The lowest BCUT2D eigenvalue weighted by Crippen LogP contribution is -2.37. The predicted octanol–water partition coefficient (Wildman–Crippen LogP) is 3.13. The van der Waals surface area contributed by atoms with Crippen LogP contribution in [0.3, 0.4) is 0 Å². The van der Waals surface area contributed by atoms with Crippen LogP contribution in [0.4, 0.5) is 18.0 Å². The van der Waals surface area contributed by atoms with E-state index in [0.717, 1.165) is 18.4 Å². The lowest BCUT2D eigenvalue weighted by Gasteiger charge is -2.24. The predicted molar refractivity (Wildman–Crippen MR) is 86.0 cm³/mol. The number of ether oxygens (including phenoxy) is 2. The van der Waals surface area contributed by atoms with Gasteiger partial charge in [0, 0.05) is 0 Å². The van der Waals surface area contributed by atoms with E-state index in [4.69, 9.17) is 4.74 Å². The second-order valence-electron chi connectivity index (χ2n) is 6.31. The molecule has 0 radical (unpaired) electrons. The maximum atomic E-state index is 12.4. The van der Waals surface area contributed by atoms with Crippen LogP contribution in [0.1, 0.15) is 32.4 Å². The van der Waals surface area contributed by atoms with Gasteiger partial charge >= 0.3 is 12.5 Å². The number of alkyl carbamates (subject to hydrolysis) is 1. The molecule has 0 saturated heterocycles. The fraction of sp³-hybridized carbons (Fsp3) is 0.533. The van der Waals surface area contributed by atoms with Gasteiger partial charge in [0.1, 0.15) is 11.4 Å². The Labute approximate surface area is 149 Å². The third kappa shape index (κ3) is 9.47. The summed E-state index contributed by atoms with van der Waals surface area (Å²) in [4.78, 5) is 11.9. The molecule has 7 nitrogen and oxygen atoms in total. The molecule has 1 aromatic rings. The normalized spacial score (nSPS) is 13.8. The molecule has 148 valence electrons. The van der Waals surface area contributed by atoms with Crippen molar-refractivity contribution < 1.29 is 40.0 Å². The number of rotatable bonds is 6. The molecular formula is C15H20F3NO6S. The summed E-state index contributed by atoms with van der Waals surface area (Å²) in [6, 6.07) is 3.65. The molecule has 1 atom stereocenters. The molecule has 0 aliphatic carbocycles. The molecule has 0 heterocycles. The standard InChI is InChI=1S/C15H20F3NO6S/c1-14(2,3)25-13(20)19-12(9-23-26(4,21)22)10-6-5-7-11(8-10)24-15(16,17)18/h5-8,12H,9H2,1-4H3,(H,19,20)/t12-/m0/s1. The molecular weight excluding hydrogens is 379 g/mol. The molecule has 0 spiro atoms. The van der Waals surface area contributed by atoms with Crippen LogP contribution in [0.5, 0.6) is 5.75 Å². The van der Waals surface area contributed by atoms with E-state index >= 15 is 0 Å². The molecule has 0 aliphatic heterocycles. The maximum Gasteiger partial charge on any atom is 0.573 e. The summed E-state index contributed by atoms with van der Waals surface area (Å²) in [6.07, 6.45) is -4.97. The van der Waals surface area contributed by atoms with Crippen LogP contribution in [0.15, 0.2) is 24.3 Å². The SMILES string of the molecule is CC(C)(C)OC(=O)N[C@@H](COS(C)(=O)=O)c1cccc(OC(F)(F)F)c1. The van der Waals surface area contributed by atoms with E-state index in [9.17, 15) is 26.4 Å². The summed E-state index contributed by atoms with van der Waals surface area (Å²) in [7, 11) is -3.84. The van der Waals surface area contributed by atoms with Crippen LogP contribution in [-0.2, 0) is 19.0 Å². The Balaban J connectivity index is 3.03. The van der Waals surface area contributed by atoms with E-state index in [-0.39, 0.29) is 5.56 Å². The summed E-state index contributed by atoms with van der Waals surface area (Å²) in [6.45, 7) is 4.32. The average molecular weight is 399 g/mol. The number of hydrogen-bond acceptors (Lipinski definition) is 6. The Bertz CT molecular complexity index is 728. The molecule has 1 rings (SSSR count). The summed E-state index contributed by atoms with van der Waals surface area (Å²) in [5.41, 5.74) is -0.686. The largest absolute Gasteiger partial charge is 0.573 e. The zero-order chi connectivity index (χ0) is 20.2. The second-order valence-corrected chi connectivity index (χ2v) is 7.95. The lowest BCUT2D eigenvalue weighted by molar-refractivity contribution is -0.274. The van der Waals surface area contributed by atoms with Crippen LogP contribution in [0.25, 0.3) is 0 Å². The number of benzene rings is 1. The van der Waals surface area contributed by atoms with Crippen molar-refractivity contribution in [2.75, 3.05) is 12.9 Å². The molecule has 26 heavy (non-hydrogen) atoms. The van der Waals surface area contributed by atoms with Gasteiger partial charge in [0.05, 0.1) is 18.9 Å². The van der Waals surface area contributed by atoms with Crippen molar-refractivity contribution in [3.05, 3.63) is 29.8 Å². The highest BCUT2D eigenvalue weighted by molar-refractivity contribution is 7.85. The quantitative estimate of drug-likeness (QED) is 0.739. The van der Waals surface area contributed by atoms with E-state index in [0.29, 0.717) is 0 Å². The second kappa shape index (κ2) is 8.12. The van der Waals surface area contributed by atoms with E-state index in [2.05, 4.69) is 14.2 Å². The fourth-order valence-corrected chi connectivity index (χ4v) is 2.17. The first-order chi connectivity index (χ1) is 11.6. The first kappa shape index (κ1) is 22.0. The van der Waals surface area contributed by atoms with Gasteiger partial charge in [-0.15, -0.1) is 13.2 Å². The van der Waals surface area contributed by atoms with Crippen molar-refractivity contribution in [3.8, 4) is 5.75 Å². The van der Waals surface area contributed by atoms with Gasteiger partial charge in [-0.3, -0.25) is 4.18 Å². The van der Waals surface area contributed by atoms with Crippen molar-refractivity contribution in [2.45, 2.75) is 38.8 Å². The Morgan fingerprint density at radius 3 is 2.35 bits per heavy atom. The monoisotopic (exact) mass is 399 g/mol. The number of halogens is 3. The molecule has 0 aliphatic rings. The molecule has 0 fully saturated rings. The van der Waals surface area contributed by atoms with E-state index in [1.165, 1.54) is 12.1 Å². The third-order valence-corrected chi connectivity index (χ3v) is 3.20. The molecule has 0 saturated carbocycles. The Morgan fingerprint density at radius 2 is 1.85 bits per heavy atom. The van der Waals surface area contributed by atoms with Gasteiger partial charge in [0.25, 0.3) is 10.1 Å². The molecule has 1 amide bonds. The number of hydrogen-bond donors (Lipinski definition) is 1. The topological polar surface area (TPSA) is 90.9 Å². The molecule has 0 bridgehead atoms. The number of nitrogens with one attached hydrogen (secondary N) is 1. The highest BCUT2D eigenvalue weighted by Gasteiger charge is 2.31. The van der Waals surface area contributed by atoms with Crippen LogP contribution in [0, 0.1) is 0 Å². The van der Waals surface area contributed by atoms with Gasteiger partial charge in [-0.2, -0.15) is 8.42 Å². The summed E-state index contributed by atoms with van der Waals surface area (Å²) in [5.74, 6) is -0.523. The maximum absolute atomic E-state index is 12.4. The first-order valence-electron chi connectivity index (χ1n) is 7.34. The number of amides is 1. The number of carbonyl (C=O) groups is 1. The van der Waals surface area contributed by atoms with Crippen molar-refractivity contribution >= 4 is 16.2 Å². The minimum absolute atomic E-state index is 0.140. The van der Waals surface area contributed by atoms with Gasteiger partial charge < -0.3 is 14.8 Å². The van der Waals surface area contributed by atoms with Crippen molar-refractivity contribution in [1.29, 1.82) is 0 Å². The van der Waals surface area contributed by atoms with Gasteiger partial charge in [0.15, 0.2) is 0 Å². The Hall–Kier alpha value is -2.01. The van der Waals surface area contributed by atoms with Crippen LogP contribution in [-0.4, -0.2) is 39.3 Å². The van der Waals surface area contributed by atoms with Gasteiger partial charge in [-0.25, -0.2) is 4.79 Å². The summed E-state index contributed by atoms with van der Waals surface area (Å²) in [5, 5.41) is 2.37. The number of carbonyl (C=O) groups excluding carboxylic acids is 1. The van der Waals surface area contributed by atoms with Gasteiger partial charge in [-0.05, 0) is 38.5 Å². The highest BCUT2D eigenvalue weighted by atomic mass is 32.2. The Kier molecular flexibility index (Phi) is 6.88. The van der Waals surface area contributed by atoms with E-state index in [1.807, 2.05) is 0 Å². The van der Waals surface area contributed by atoms with E-state index < -0.39 is 46.6 Å². The smallest absolute Gasteiger partial charge is 0.444 e. The lowest BCUT2D eigenvalue weighted by atomic mass is 10.1. The Morgan fingerprint density at radius 1 is 1.23 bits per heavy atom. The molecule has 11 heteroatoms. The van der Waals surface area contributed by atoms with Gasteiger partial charge in [0.2, 0.25) is 0 Å². The van der Waals surface area contributed by atoms with Crippen LogP contribution in [0.2, 0.25) is 0 Å². The van der Waals surface area contributed by atoms with Crippen molar-refractivity contribution in [3.63, 3.8) is 0 Å². The molecule has 1 N–H and O–H groups in total. The average Bonchev–Trinajstić information content (AvgIpc) is 2.38. The van der Waals surface area contributed by atoms with Crippen molar-refractivity contribution in [1.82, 2.24) is 5.32 Å². The first-order valence-corrected chi connectivity index (χ1v) is 9.16. The minimum Gasteiger partial charge on any atom is -0.444 e. The summed E-state index contributed by atoms with van der Waals surface area (Å²) >= 11 is 0. The van der Waals surface area contributed by atoms with Crippen molar-refractivity contribution in [2.24, 2.45) is 0 Å². The summed E-state index contributed by atoms with van der Waals surface area (Å²) < 4.78 is 73.0. The van der Waals surface area contributed by atoms with Crippen LogP contribution >= 0.6 is 0 Å². The fourth-order valence-electron chi connectivity index (χ4n) is 1.79. The van der Waals surface area contributed by atoms with E-state index in [1.54, 1.807) is 20.8 Å².